The predicted molar refractivity (Wildman–Crippen MR) is 118 cm³/mol. The molecule has 3 aromatic rings. The van der Waals surface area contributed by atoms with Crippen molar-refractivity contribution in [2.75, 3.05) is 6.61 Å². The molecular formula is C26H24O5. The smallest absolute Gasteiger partial charge is 0.341 e. The lowest BCUT2D eigenvalue weighted by atomic mass is 10.0. The maximum absolute atomic E-state index is 12.6. The van der Waals surface area contributed by atoms with Crippen LogP contribution in [-0.2, 0) is 11.3 Å². The Bertz CT molecular complexity index is 1070. The number of hydrogen-bond acceptors (Lipinski definition) is 5. The molecule has 0 aliphatic carbocycles. The second-order valence-corrected chi connectivity index (χ2v) is 6.86. The van der Waals surface area contributed by atoms with Gasteiger partial charge in [-0.15, -0.1) is 0 Å². The van der Waals surface area contributed by atoms with Crippen LogP contribution in [0.2, 0.25) is 0 Å². The zero-order valence-electron chi connectivity index (χ0n) is 17.6. The van der Waals surface area contributed by atoms with Crippen molar-refractivity contribution in [1.29, 1.82) is 0 Å². The van der Waals surface area contributed by atoms with Gasteiger partial charge in [0.05, 0.1) is 12.2 Å². The SMILES string of the molecule is CCOC(=O)c1cccc(C(=O)CC)c1OCc1ccc(C(=O)c2ccccc2)cc1. The molecule has 0 aromatic heterocycles. The largest absolute Gasteiger partial charge is 0.487 e. The van der Waals surface area contributed by atoms with E-state index in [0.29, 0.717) is 23.1 Å². The summed E-state index contributed by atoms with van der Waals surface area (Å²) in [4.78, 5) is 37.3. The fraction of sp³-hybridized carbons (Fsp3) is 0.192. The van der Waals surface area contributed by atoms with Crippen molar-refractivity contribution in [1.82, 2.24) is 0 Å². The second-order valence-electron chi connectivity index (χ2n) is 6.86. The first-order valence-electron chi connectivity index (χ1n) is 10.2. The van der Waals surface area contributed by atoms with E-state index < -0.39 is 5.97 Å². The van der Waals surface area contributed by atoms with Crippen LogP contribution in [0.25, 0.3) is 0 Å². The van der Waals surface area contributed by atoms with Gasteiger partial charge in [0.2, 0.25) is 0 Å². The van der Waals surface area contributed by atoms with E-state index in [1.54, 1.807) is 68.4 Å². The normalized spacial score (nSPS) is 10.4. The van der Waals surface area contributed by atoms with Gasteiger partial charge in [0.25, 0.3) is 0 Å². The fourth-order valence-electron chi connectivity index (χ4n) is 3.14. The van der Waals surface area contributed by atoms with Crippen molar-refractivity contribution in [3.05, 3.63) is 101 Å². The molecule has 0 saturated heterocycles. The molecule has 0 aliphatic rings. The lowest BCUT2D eigenvalue weighted by Crippen LogP contribution is -2.12. The summed E-state index contributed by atoms with van der Waals surface area (Å²) in [7, 11) is 0. The Morgan fingerprint density at radius 1 is 0.742 bits per heavy atom. The number of hydrogen-bond donors (Lipinski definition) is 0. The van der Waals surface area contributed by atoms with Crippen LogP contribution in [0, 0.1) is 0 Å². The van der Waals surface area contributed by atoms with Crippen LogP contribution < -0.4 is 4.74 Å². The molecule has 0 saturated carbocycles. The Hall–Kier alpha value is -3.73. The monoisotopic (exact) mass is 416 g/mol. The highest BCUT2D eigenvalue weighted by atomic mass is 16.5. The minimum atomic E-state index is -0.535. The minimum Gasteiger partial charge on any atom is -0.487 e. The molecule has 3 rings (SSSR count). The third-order valence-corrected chi connectivity index (χ3v) is 4.77. The number of esters is 1. The van der Waals surface area contributed by atoms with Crippen molar-refractivity contribution in [2.45, 2.75) is 26.9 Å². The third-order valence-electron chi connectivity index (χ3n) is 4.77. The Kier molecular flexibility index (Phi) is 7.33. The average molecular weight is 416 g/mol. The highest BCUT2D eigenvalue weighted by Crippen LogP contribution is 2.27. The predicted octanol–water partition coefficient (Wildman–Crippen LogP) is 5.27. The van der Waals surface area contributed by atoms with Gasteiger partial charge in [0.15, 0.2) is 11.6 Å². The van der Waals surface area contributed by atoms with Gasteiger partial charge in [0, 0.05) is 17.5 Å². The van der Waals surface area contributed by atoms with Gasteiger partial charge in [-0.3, -0.25) is 9.59 Å². The first-order chi connectivity index (χ1) is 15.0. The molecule has 0 aliphatic heterocycles. The fourth-order valence-corrected chi connectivity index (χ4v) is 3.14. The van der Waals surface area contributed by atoms with Crippen molar-refractivity contribution in [3.63, 3.8) is 0 Å². The molecule has 0 fully saturated rings. The topological polar surface area (TPSA) is 69.7 Å². The number of ether oxygens (including phenoxy) is 2. The number of benzene rings is 3. The summed E-state index contributed by atoms with van der Waals surface area (Å²) < 4.78 is 11.0. The molecule has 0 radical (unpaired) electrons. The molecule has 0 unspecified atom stereocenters. The van der Waals surface area contributed by atoms with Crippen LogP contribution in [0.5, 0.6) is 5.75 Å². The number of ketones is 2. The number of rotatable bonds is 9. The second kappa shape index (κ2) is 10.3. The van der Waals surface area contributed by atoms with E-state index in [0.717, 1.165) is 5.56 Å². The van der Waals surface area contributed by atoms with Gasteiger partial charge < -0.3 is 9.47 Å². The van der Waals surface area contributed by atoms with Crippen molar-refractivity contribution < 1.29 is 23.9 Å². The van der Waals surface area contributed by atoms with E-state index in [4.69, 9.17) is 9.47 Å². The summed E-state index contributed by atoms with van der Waals surface area (Å²) in [6.07, 6.45) is 0.291. The van der Waals surface area contributed by atoms with Crippen LogP contribution in [-0.4, -0.2) is 24.1 Å². The maximum atomic E-state index is 12.6. The van der Waals surface area contributed by atoms with E-state index in [1.165, 1.54) is 0 Å². The molecule has 3 aromatic carbocycles. The average Bonchev–Trinajstić information content (AvgIpc) is 2.82. The third kappa shape index (κ3) is 5.25. The van der Waals surface area contributed by atoms with E-state index in [1.807, 2.05) is 18.2 Å². The first kappa shape index (κ1) is 22.0. The Balaban J connectivity index is 1.81. The summed E-state index contributed by atoms with van der Waals surface area (Å²) in [5.74, 6) is -0.495. The van der Waals surface area contributed by atoms with Gasteiger partial charge in [-0.05, 0) is 24.6 Å². The Morgan fingerprint density at radius 2 is 1.39 bits per heavy atom. The van der Waals surface area contributed by atoms with Gasteiger partial charge in [0.1, 0.15) is 17.9 Å². The number of para-hydroxylation sites is 1. The summed E-state index contributed by atoms with van der Waals surface area (Å²) in [6, 6.07) is 21.0. The summed E-state index contributed by atoms with van der Waals surface area (Å²) >= 11 is 0. The molecule has 0 N–H and O–H groups in total. The highest BCUT2D eigenvalue weighted by molar-refractivity contribution is 6.09. The van der Waals surface area contributed by atoms with Crippen LogP contribution in [0.4, 0.5) is 0 Å². The Labute approximate surface area is 181 Å². The summed E-state index contributed by atoms with van der Waals surface area (Å²) in [5.41, 5.74) is 2.57. The van der Waals surface area contributed by atoms with Gasteiger partial charge in [-0.1, -0.05) is 67.6 Å². The van der Waals surface area contributed by atoms with Crippen molar-refractivity contribution in [2.24, 2.45) is 0 Å². The molecule has 0 atom stereocenters. The molecule has 0 heterocycles. The lowest BCUT2D eigenvalue weighted by Gasteiger charge is -2.15. The minimum absolute atomic E-state index is 0.0587. The van der Waals surface area contributed by atoms with E-state index >= 15 is 0 Å². The van der Waals surface area contributed by atoms with E-state index in [9.17, 15) is 14.4 Å². The van der Waals surface area contributed by atoms with Crippen molar-refractivity contribution in [3.8, 4) is 5.75 Å². The molecule has 5 heteroatoms. The molecule has 5 nitrogen and oxygen atoms in total. The zero-order chi connectivity index (χ0) is 22.2. The van der Waals surface area contributed by atoms with Crippen LogP contribution in [0.1, 0.15) is 62.5 Å². The lowest BCUT2D eigenvalue weighted by molar-refractivity contribution is 0.0521. The first-order valence-corrected chi connectivity index (χ1v) is 10.2. The van der Waals surface area contributed by atoms with Gasteiger partial charge >= 0.3 is 5.97 Å². The molecule has 0 spiro atoms. The molecule has 0 bridgehead atoms. The van der Waals surface area contributed by atoms with Crippen LogP contribution in [0.3, 0.4) is 0 Å². The molecular weight excluding hydrogens is 392 g/mol. The molecule has 158 valence electrons. The van der Waals surface area contributed by atoms with Crippen molar-refractivity contribution >= 4 is 17.5 Å². The van der Waals surface area contributed by atoms with Crippen LogP contribution in [0.15, 0.2) is 72.8 Å². The van der Waals surface area contributed by atoms with Crippen LogP contribution >= 0.6 is 0 Å². The highest BCUT2D eigenvalue weighted by Gasteiger charge is 2.21. The summed E-state index contributed by atoms with van der Waals surface area (Å²) in [5, 5.41) is 0. The number of carbonyl (C=O) groups excluding carboxylic acids is 3. The van der Waals surface area contributed by atoms with E-state index in [2.05, 4.69) is 0 Å². The Morgan fingerprint density at radius 3 is 2.03 bits per heavy atom. The van der Waals surface area contributed by atoms with Gasteiger partial charge in [-0.25, -0.2) is 4.79 Å². The summed E-state index contributed by atoms with van der Waals surface area (Å²) in [6.45, 7) is 3.84. The quantitative estimate of drug-likeness (QED) is 0.351. The number of Topliss-reactive ketones (excluding diaryl/α,β-unsaturated/α-hetero) is 1. The standard InChI is InChI=1S/C26H24O5/c1-3-23(27)21-11-8-12-22(26(29)30-4-2)25(21)31-17-18-13-15-20(16-14-18)24(28)19-9-6-5-7-10-19/h5-16H,3-4,17H2,1-2H3. The zero-order valence-corrected chi connectivity index (χ0v) is 17.6. The number of carbonyl (C=O) groups is 3. The van der Waals surface area contributed by atoms with Gasteiger partial charge in [-0.2, -0.15) is 0 Å². The molecule has 0 amide bonds. The van der Waals surface area contributed by atoms with E-state index in [-0.39, 0.29) is 36.1 Å². The maximum Gasteiger partial charge on any atom is 0.341 e. The molecule has 31 heavy (non-hydrogen) atoms.